The van der Waals surface area contributed by atoms with Gasteiger partial charge in [-0.25, -0.2) is 0 Å². The number of rotatable bonds is 10. The van der Waals surface area contributed by atoms with Crippen LogP contribution in [-0.4, -0.2) is 31.6 Å². The third-order valence-electron chi connectivity index (χ3n) is 3.91. The summed E-state index contributed by atoms with van der Waals surface area (Å²) in [6.45, 7) is 10.2. The topological polar surface area (TPSA) is 15.3 Å². The van der Waals surface area contributed by atoms with E-state index >= 15 is 0 Å². The lowest BCUT2D eigenvalue weighted by Gasteiger charge is -2.25. The highest BCUT2D eigenvalue weighted by Crippen LogP contribution is 2.22. The molecule has 0 aliphatic rings. The largest absolute Gasteiger partial charge is 0.316 e. The van der Waals surface area contributed by atoms with E-state index in [2.05, 4.69) is 50.2 Å². The molecule has 1 atom stereocenters. The van der Waals surface area contributed by atoms with E-state index in [1.807, 2.05) is 12.1 Å². The van der Waals surface area contributed by atoms with Crippen LogP contribution in [0.3, 0.4) is 0 Å². The van der Waals surface area contributed by atoms with Crippen LogP contribution < -0.4 is 5.32 Å². The van der Waals surface area contributed by atoms with Crippen LogP contribution in [-0.2, 0) is 0 Å². The van der Waals surface area contributed by atoms with Gasteiger partial charge in [0.25, 0.3) is 0 Å². The second kappa shape index (κ2) is 10.2. The SMILES string of the molecule is CC(C)CNCCCCCN(C)C(C)c1cccc(Cl)c1. The molecule has 1 aromatic carbocycles. The Bertz CT molecular complexity index is 393. The van der Waals surface area contributed by atoms with Gasteiger partial charge in [0, 0.05) is 11.1 Å². The molecule has 0 aromatic heterocycles. The number of unbranched alkanes of at least 4 members (excludes halogenated alkanes) is 2. The molecule has 0 aliphatic heterocycles. The molecule has 1 aromatic rings. The highest BCUT2D eigenvalue weighted by Gasteiger charge is 2.11. The molecule has 1 N–H and O–H groups in total. The van der Waals surface area contributed by atoms with Gasteiger partial charge in [0.1, 0.15) is 0 Å². The zero-order chi connectivity index (χ0) is 15.7. The average molecular weight is 311 g/mol. The van der Waals surface area contributed by atoms with Crippen LogP contribution in [0, 0.1) is 5.92 Å². The Morgan fingerprint density at radius 3 is 2.57 bits per heavy atom. The Morgan fingerprint density at radius 2 is 1.90 bits per heavy atom. The van der Waals surface area contributed by atoms with Crippen LogP contribution in [0.2, 0.25) is 5.02 Å². The van der Waals surface area contributed by atoms with Crippen molar-refractivity contribution in [2.75, 3.05) is 26.7 Å². The van der Waals surface area contributed by atoms with E-state index in [-0.39, 0.29) is 0 Å². The van der Waals surface area contributed by atoms with E-state index in [4.69, 9.17) is 11.6 Å². The maximum atomic E-state index is 6.07. The second-order valence-electron chi connectivity index (χ2n) is 6.37. The van der Waals surface area contributed by atoms with Crippen molar-refractivity contribution >= 4 is 11.6 Å². The monoisotopic (exact) mass is 310 g/mol. The van der Waals surface area contributed by atoms with Gasteiger partial charge in [0.05, 0.1) is 0 Å². The first-order chi connectivity index (χ1) is 10.0. The van der Waals surface area contributed by atoms with Crippen molar-refractivity contribution in [3.05, 3.63) is 34.9 Å². The van der Waals surface area contributed by atoms with Gasteiger partial charge in [-0.2, -0.15) is 0 Å². The Hall–Kier alpha value is -0.570. The average Bonchev–Trinajstić information content (AvgIpc) is 2.45. The summed E-state index contributed by atoms with van der Waals surface area (Å²) in [4.78, 5) is 2.41. The lowest BCUT2D eigenvalue weighted by Crippen LogP contribution is -2.24. The van der Waals surface area contributed by atoms with E-state index in [0.717, 1.165) is 30.6 Å². The summed E-state index contributed by atoms with van der Waals surface area (Å²) in [6, 6.07) is 8.61. The molecule has 2 nitrogen and oxygen atoms in total. The third-order valence-corrected chi connectivity index (χ3v) is 4.14. The lowest BCUT2D eigenvalue weighted by atomic mass is 10.1. The van der Waals surface area contributed by atoms with Gasteiger partial charge in [0.2, 0.25) is 0 Å². The summed E-state index contributed by atoms with van der Waals surface area (Å²) in [5, 5.41) is 4.32. The van der Waals surface area contributed by atoms with Crippen molar-refractivity contribution in [3.8, 4) is 0 Å². The molecule has 0 aliphatic carbocycles. The maximum Gasteiger partial charge on any atom is 0.0409 e. The smallest absolute Gasteiger partial charge is 0.0409 e. The minimum atomic E-state index is 0.419. The first kappa shape index (κ1) is 18.5. The highest BCUT2D eigenvalue weighted by molar-refractivity contribution is 6.30. The molecule has 3 heteroatoms. The van der Waals surface area contributed by atoms with Crippen molar-refractivity contribution in [2.45, 2.75) is 46.1 Å². The van der Waals surface area contributed by atoms with Gasteiger partial charge >= 0.3 is 0 Å². The van der Waals surface area contributed by atoms with Gasteiger partial charge in [-0.3, -0.25) is 4.90 Å². The fraction of sp³-hybridized carbons (Fsp3) is 0.667. The Balaban J connectivity index is 2.17. The summed E-state index contributed by atoms with van der Waals surface area (Å²) in [6.07, 6.45) is 3.81. The molecule has 1 rings (SSSR count). The van der Waals surface area contributed by atoms with Crippen LogP contribution in [0.25, 0.3) is 0 Å². The molecule has 0 spiro atoms. The van der Waals surface area contributed by atoms with Crippen molar-refractivity contribution < 1.29 is 0 Å². The summed E-state index contributed by atoms with van der Waals surface area (Å²) in [5.41, 5.74) is 1.30. The molecule has 120 valence electrons. The van der Waals surface area contributed by atoms with E-state index in [9.17, 15) is 0 Å². The molecule has 0 fully saturated rings. The molecule has 0 saturated heterocycles. The number of nitrogens with one attached hydrogen (secondary N) is 1. The fourth-order valence-electron chi connectivity index (χ4n) is 2.39. The van der Waals surface area contributed by atoms with Gasteiger partial charge in [-0.15, -0.1) is 0 Å². The molecular formula is C18H31ClN2. The number of hydrogen-bond donors (Lipinski definition) is 1. The highest BCUT2D eigenvalue weighted by atomic mass is 35.5. The molecule has 0 bridgehead atoms. The van der Waals surface area contributed by atoms with E-state index < -0.39 is 0 Å². The first-order valence-electron chi connectivity index (χ1n) is 8.17. The Kier molecular flexibility index (Phi) is 8.98. The first-order valence-corrected chi connectivity index (χ1v) is 8.55. The normalized spacial score (nSPS) is 13.1. The zero-order valence-electron chi connectivity index (χ0n) is 14.0. The lowest BCUT2D eigenvalue weighted by molar-refractivity contribution is 0.255. The predicted octanol–water partition coefficient (Wildman–Crippen LogP) is 4.75. The summed E-state index contributed by atoms with van der Waals surface area (Å²) in [5.74, 6) is 0.745. The van der Waals surface area contributed by atoms with Crippen LogP contribution in [0.4, 0.5) is 0 Å². The minimum Gasteiger partial charge on any atom is -0.316 e. The summed E-state index contributed by atoms with van der Waals surface area (Å²) < 4.78 is 0. The number of nitrogens with zero attached hydrogens (tertiary/aromatic N) is 1. The second-order valence-corrected chi connectivity index (χ2v) is 6.81. The molecule has 1 unspecified atom stereocenters. The standard InChI is InChI=1S/C18H31ClN2/c1-15(2)14-20-11-6-5-7-12-21(4)16(3)17-9-8-10-18(19)13-17/h8-10,13,15-16,20H,5-7,11-12,14H2,1-4H3. The number of benzene rings is 1. The maximum absolute atomic E-state index is 6.07. The van der Waals surface area contributed by atoms with Gasteiger partial charge < -0.3 is 5.32 Å². The third kappa shape index (κ3) is 7.85. The molecular weight excluding hydrogens is 280 g/mol. The van der Waals surface area contributed by atoms with Gasteiger partial charge in [0.15, 0.2) is 0 Å². The van der Waals surface area contributed by atoms with Crippen LogP contribution >= 0.6 is 11.6 Å². The zero-order valence-corrected chi connectivity index (χ0v) is 14.8. The molecule has 0 saturated carbocycles. The minimum absolute atomic E-state index is 0.419. The molecule has 21 heavy (non-hydrogen) atoms. The summed E-state index contributed by atoms with van der Waals surface area (Å²) >= 11 is 6.07. The molecule has 0 radical (unpaired) electrons. The molecule has 0 heterocycles. The Morgan fingerprint density at radius 1 is 1.14 bits per heavy atom. The van der Waals surface area contributed by atoms with E-state index in [0.29, 0.717) is 6.04 Å². The van der Waals surface area contributed by atoms with Crippen LogP contribution in [0.5, 0.6) is 0 Å². The van der Waals surface area contributed by atoms with Gasteiger partial charge in [-0.05, 0) is 70.1 Å². The summed E-state index contributed by atoms with van der Waals surface area (Å²) in [7, 11) is 2.20. The quantitative estimate of drug-likeness (QED) is 0.627. The van der Waals surface area contributed by atoms with Crippen molar-refractivity contribution in [1.82, 2.24) is 10.2 Å². The van der Waals surface area contributed by atoms with Crippen LogP contribution in [0.1, 0.15) is 51.6 Å². The number of halogens is 1. The van der Waals surface area contributed by atoms with E-state index in [1.165, 1.54) is 24.8 Å². The van der Waals surface area contributed by atoms with Crippen LogP contribution in [0.15, 0.2) is 24.3 Å². The predicted molar refractivity (Wildman–Crippen MR) is 94.1 cm³/mol. The van der Waals surface area contributed by atoms with Crippen molar-refractivity contribution in [2.24, 2.45) is 5.92 Å². The van der Waals surface area contributed by atoms with Gasteiger partial charge in [-0.1, -0.05) is 44.0 Å². The van der Waals surface area contributed by atoms with Crippen molar-refractivity contribution in [1.29, 1.82) is 0 Å². The van der Waals surface area contributed by atoms with Crippen molar-refractivity contribution in [3.63, 3.8) is 0 Å². The number of hydrogen-bond acceptors (Lipinski definition) is 2. The van der Waals surface area contributed by atoms with E-state index in [1.54, 1.807) is 0 Å². The fourth-order valence-corrected chi connectivity index (χ4v) is 2.59. The molecule has 0 amide bonds. The Labute approximate surface area is 135 Å².